The van der Waals surface area contributed by atoms with E-state index in [2.05, 4.69) is 10.3 Å². The van der Waals surface area contributed by atoms with Crippen LogP contribution in [-0.4, -0.2) is 40.3 Å². The van der Waals surface area contributed by atoms with Crippen LogP contribution in [-0.2, 0) is 6.54 Å². The van der Waals surface area contributed by atoms with E-state index in [1.165, 1.54) is 23.0 Å². The molecule has 3 rings (SSSR count). The van der Waals surface area contributed by atoms with Gasteiger partial charge in [0.15, 0.2) is 17.2 Å². The van der Waals surface area contributed by atoms with Crippen LogP contribution in [0.4, 0.5) is 10.1 Å². The van der Waals surface area contributed by atoms with E-state index in [0.29, 0.717) is 23.7 Å². The van der Waals surface area contributed by atoms with Crippen LogP contribution in [0, 0.1) is 5.82 Å². The van der Waals surface area contributed by atoms with Crippen LogP contribution in [0.2, 0.25) is 0 Å². The van der Waals surface area contributed by atoms with Gasteiger partial charge in [-0.1, -0.05) is 17.3 Å². The number of hydrogen-bond acceptors (Lipinski definition) is 6. The van der Waals surface area contributed by atoms with Crippen molar-refractivity contribution in [1.82, 2.24) is 15.0 Å². The summed E-state index contributed by atoms with van der Waals surface area (Å²) in [7, 11) is 3.17. The van der Waals surface area contributed by atoms with E-state index >= 15 is 0 Å². The Bertz CT molecular complexity index is 897. The normalized spacial score (nSPS) is 9.89. The molecule has 0 radical (unpaired) electrons. The summed E-state index contributed by atoms with van der Waals surface area (Å²) in [5.41, 5.74) is 6.90. The molecule has 2 aromatic carbocycles. The lowest BCUT2D eigenvalue weighted by atomic mass is 10.2. The van der Waals surface area contributed by atoms with E-state index in [1.54, 1.807) is 44.6 Å². The lowest BCUT2D eigenvalue weighted by Crippen LogP contribution is -2.00. The average molecular weight is 374 g/mol. The van der Waals surface area contributed by atoms with Crippen molar-refractivity contribution in [2.24, 2.45) is 0 Å². The van der Waals surface area contributed by atoms with Crippen molar-refractivity contribution in [2.45, 2.75) is 6.54 Å². The Morgan fingerprint density at radius 2 is 1.81 bits per heavy atom. The molecule has 0 saturated carbocycles. The largest absolute Gasteiger partial charge is 0.493 e. The van der Waals surface area contributed by atoms with E-state index in [9.17, 15) is 9.18 Å². The molecular formula is C18H19FN4O4. The number of anilines is 1. The molecule has 0 spiro atoms. The first kappa shape index (κ1) is 19.7. The minimum Gasteiger partial charge on any atom is -0.493 e. The number of halogens is 1. The summed E-state index contributed by atoms with van der Waals surface area (Å²) in [6, 6.07) is 11.2. The van der Waals surface area contributed by atoms with Gasteiger partial charge in [-0.3, -0.25) is 0 Å². The molecule has 0 bridgehead atoms. The van der Waals surface area contributed by atoms with Crippen LogP contribution < -0.4 is 15.2 Å². The zero-order valence-electron chi connectivity index (χ0n) is 14.8. The number of ether oxygens (including phenoxy) is 2. The van der Waals surface area contributed by atoms with Gasteiger partial charge >= 0.3 is 5.97 Å². The van der Waals surface area contributed by atoms with Gasteiger partial charge < -0.3 is 20.3 Å². The Balaban J connectivity index is 0.000000208. The maximum atomic E-state index is 12.6. The van der Waals surface area contributed by atoms with Crippen LogP contribution >= 0.6 is 0 Å². The summed E-state index contributed by atoms with van der Waals surface area (Å²) in [6.45, 7) is 0.362. The highest BCUT2D eigenvalue weighted by molar-refractivity contribution is 5.84. The predicted octanol–water partition coefficient (Wildman–Crippen LogP) is 2.45. The van der Waals surface area contributed by atoms with Crippen molar-refractivity contribution in [3.05, 3.63) is 65.7 Å². The maximum Gasteiger partial charge on any atom is 0.358 e. The Morgan fingerprint density at radius 3 is 2.37 bits per heavy atom. The van der Waals surface area contributed by atoms with Crippen LogP contribution in [0.1, 0.15) is 16.1 Å². The minimum absolute atomic E-state index is 0.109. The smallest absolute Gasteiger partial charge is 0.358 e. The monoisotopic (exact) mass is 374 g/mol. The molecule has 1 aromatic heterocycles. The van der Waals surface area contributed by atoms with E-state index in [4.69, 9.17) is 20.3 Å². The predicted molar refractivity (Wildman–Crippen MR) is 96.4 cm³/mol. The summed E-state index contributed by atoms with van der Waals surface area (Å²) >= 11 is 0. The van der Waals surface area contributed by atoms with Gasteiger partial charge in [-0.15, -0.1) is 5.10 Å². The zero-order valence-corrected chi connectivity index (χ0v) is 14.8. The lowest BCUT2D eigenvalue weighted by Gasteiger charge is -2.06. The Labute approximate surface area is 154 Å². The van der Waals surface area contributed by atoms with E-state index < -0.39 is 5.97 Å². The second kappa shape index (κ2) is 9.18. The highest BCUT2D eigenvalue weighted by atomic mass is 19.1. The van der Waals surface area contributed by atoms with Crippen LogP contribution in [0.25, 0.3) is 0 Å². The Kier molecular flexibility index (Phi) is 6.70. The van der Waals surface area contributed by atoms with Crippen molar-refractivity contribution in [3.8, 4) is 11.5 Å². The maximum absolute atomic E-state index is 12.6. The summed E-state index contributed by atoms with van der Waals surface area (Å²) in [5, 5.41) is 15.8. The van der Waals surface area contributed by atoms with Crippen molar-refractivity contribution in [2.75, 3.05) is 20.0 Å². The molecule has 142 valence electrons. The fourth-order valence-electron chi connectivity index (χ4n) is 2.10. The Morgan fingerprint density at radius 1 is 1.15 bits per heavy atom. The number of nitrogens with zero attached hydrogens (tertiary/aromatic N) is 3. The molecule has 0 aliphatic carbocycles. The SMILES string of the molecule is COc1ccc(N)cc1OC.O=C(O)c1cn(Cc2ccc(F)cc2)nn1. The van der Waals surface area contributed by atoms with E-state index in [0.717, 1.165) is 5.56 Å². The van der Waals surface area contributed by atoms with E-state index in [1.807, 2.05) is 0 Å². The molecule has 1 heterocycles. The quantitative estimate of drug-likeness (QED) is 0.660. The van der Waals surface area contributed by atoms with Crippen LogP contribution in [0.15, 0.2) is 48.7 Å². The molecule has 0 saturated heterocycles. The number of carboxylic acid groups (broad SMARTS) is 1. The van der Waals surface area contributed by atoms with Gasteiger partial charge in [-0.2, -0.15) is 0 Å². The molecule has 27 heavy (non-hydrogen) atoms. The van der Waals surface area contributed by atoms with Crippen molar-refractivity contribution < 1.29 is 23.8 Å². The number of nitrogens with two attached hydrogens (primary N) is 1. The Hall–Kier alpha value is -3.62. The van der Waals surface area contributed by atoms with E-state index in [-0.39, 0.29) is 11.5 Å². The number of nitrogen functional groups attached to an aromatic ring is 1. The molecular weight excluding hydrogens is 355 g/mol. The molecule has 3 aromatic rings. The standard InChI is InChI=1S/C10H8FN3O2.C8H11NO2/c11-8-3-1-7(2-4-8)5-14-6-9(10(15)16)12-13-14;1-10-7-4-3-6(9)5-8(7)11-2/h1-4,6H,5H2,(H,15,16);3-5H,9H2,1-2H3. The van der Waals surface area contributed by atoms with Crippen molar-refractivity contribution >= 4 is 11.7 Å². The first-order valence-electron chi connectivity index (χ1n) is 7.78. The number of methoxy groups -OCH3 is 2. The number of rotatable bonds is 5. The van der Waals surface area contributed by atoms with Gasteiger partial charge in [-0.25, -0.2) is 13.9 Å². The number of aromatic nitrogens is 3. The highest BCUT2D eigenvalue weighted by Crippen LogP contribution is 2.28. The summed E-state index contributed by atoms with van der Waals surface area (Å²) in [4.78, 5) is 10.5. The van der Waals surface area contributed by atoms with Gasteiger partial charge in [0.1, 0.15) is 5.82 Å². The summed E-state index contributed by atoms with van der Waals surface area (Å²) in [6.07, 6.45) is 1.33. The third-order valence-corrected chi connectivity index (χ3v) is 3.42. The number of carboxylic acids is 1. The number of hydrogen-bond donors (Lipinski definition) is 2. The molecule has 9 heteroatoms. The molecule has 0 fully saturated rings. The molecule has 0 aliphatic rings. The first-order chi connectivity index (χ1) is 12.9. The summed E-state index contributed by atoms with van der Waals surface area (Å²) in [5.74, 6) is -0.0758. The number of carbonyl (C=O) groups is 1. The minimum atomic E-state index is -1.12. The van der Waals surface area contributed by atoms with Crippen molar-refractivity contribution in [3.63, 3.8) is 0 Å². The average Bonchev–Trinajstić information content (AvgIpc) is 3.13. The number of benzene rings is 2. The molecule has 0 unspecified atom stereocenters. The molecule has 0 atom stereocenters. The third-order valence-electron chi connectivity index (χ3n) is 3.42. The third kappa shape index (κ3) is 5.70. The topological polar surface area (TPSA) is 112 Å². The van der Waals surface area contributed by atoms with Crippen LogP contribution in [0.5, 0.6) is 11.5 Å². The first-order valence-corrected chi connectivity index (χ1v) is 7.78. The van der Waals surface area contributed by atoms with Crippen molar-refractivity contribution in [1.29, 1.82) is 0 Å². The van der Waals surface area contributed by atoms with Gasteiger partial charge in [0.25, 0.3) is 0 Å². The van der Waals surface area contributed by atoms with Gasteiger partial charge in [-0.05, 0) is 29.8 Å². The zero-order chi connectivity index (χ0) is 19.8. The summed E-state index contributed by atoms with van der Waals surface area (Å²) < 4.78 is 24.0. The fraction of sp³-hybridized carbons (Fsp3) is 0.167. The fourth-order valence-corrected chi connectivity index (χ4v) is 2.10. The van der Waals surface area contributed by atoms with Crippen LogP contribution in [0.3, 0.4) is 0 Å². The van der Waals surface area contributed by atoms with Gasteiger partial charge in [0.2, 0.25) is 0 Å². The van der Waals surface area contributed by atoms with Gasteiger partial charge in [0.05, 0.1) is 27.0 Å². The molecule has 3 N–H and O–H groups in total. The molecule has 0 amide bonds. The second-order valence-corrected chi connectivity index (χ2v) is 5.35. The molecule has 0 aliphatic heterocycles. The highest BCUT2D eigenvalue weighted by Gasteiger charge is 2.08. The second-order valence-electron chi connectivity index (χ2n) is 5.35. The van der Waals surface area contributed by atoms with Gasteiger partial charge in [0, 0.05) is 11.8 Å². The lowest BCUT2D eigenvalue weighted by molar-refractivity contribution is 0.0690. The number of aromatic carboxylic acids is 1. The molecule has 8 nitrogen and oxygen atoms in total.